The highest BCUT2D eigenvalue weighted by molar-refractivity contribution is 4.95. The van der Waals surface area contributed by atoms with Gasteiger partial charge in [0.25, 0.3) is 0 Å². The summed E-state index contributed by atoms with van der Waals surface area (Å²) in [5.74, 6) is 1.42. The van der Waals surface area contributed by atoms with Crippen molar-refractivity contribution in [3.63, 3.8) is 0 Å². The predicted octanol–water partition coefficient (Wildman–Crippen LogP) is 3.91. The molecule has 0 aliphatic carbocycles. The number of hydrogen-bond acceptors (Lipinski definition) is 1. The van der Waals surface area contributed by atoms with Gasteiger partial charge in [-0.15, -0.1) is 0 Å². The van der Waals surface area contributed by atoms with Gasteiger partial charge in [0.2, 0.25) is 0 Å². The fraction of sp³-hybridized carbons (Fsp3) is 0.846. The van der Waals surface area contributed by atoms with Crippen molar-refractivity contribution in [2.75, 3.05) is 13.6 Å². The van der Waals surface area contributed by atoms with Gasteiger partial charge in [0.1, 0.15) is 0 Å². The molecule has 0 N–H and O–H groups in total. The molecule has 1 heteroatoms. The third kappa shape index (κ3) is 6.06. The standard InChI is InChI=1S/C13H27N/c1-11(2)9-7-8-10-14(6)13(5)12(3)4/h11-12H,5,7-10H2,1-4,6H3. The Bertz CT molecular complexity index is 159. The first kappa shape index (κ1) is 13.5. The third-order valence-electron chi connectivity index (χ3n) is 2.68. The van der Waals surface area contributed by atoms with E-state index >= 15 is 0 Å². The van der Waals surface area contributed by atoms with Gasteiger partial charge in [0, 0.05) is 19.3 Å². The van der Waals surface area contributed by atoms with E-state index < -0.39 is 0 Å². The maximum atomic E-state index is 4.09. The molecule has 0 aliphatic rings. The van der Waals surface area contributed by atoms with Gasteiger partial charge in [-0.2, -0.15) is 0 Å². The minimum Gasteiger partial charge on any atom is -0.378 e. The Hall–Kier alpha value is -0.460. The largest absolute Gasteiger partial charge is 0.378 e. The van der Waals surface area contributed by atoms with Crippen molar-refractivity contribution in [2.24, 2.45) is 11.8 Å². The Morgan fingerprint density at radius 2 is 1.71 bits per heavy atom. The van der Waals surface area contributed by atoms with E-state index in [0.717, 1.165) is 12.5 Å². The molecule has 0 amide bonds. The first-order valence-corrected chi connectivity index (χ1v) is 5.85. The van der Waals surface area contributed by atoms with E-state index in [0.29, 0.717) is 5.92 Å². The van der Waals surface area contributed by atoms with Crippen molar-refractivity contribution in [2.45, 2.75) is 47.0 Å². The zero-order valence-electron chi connectivity index (χ0n) is 10.6. The average molecular weight is 197 g/mol. The van der Waals surface area contributed by atoms with Crippen molar-refractivity contribution < 1.29 is 0 Å². The maximum Gasteiger partial charge on any atom is 0.0171 e. The summed E-state index contributed by atoms with van der Waals surface area (Å²) in [5.41, 5.74) is 1.26. The van der Waals surface area contributed by atoms with Gasteiger partial charge in [-0.3, -0.25) is 0 Å². The van der Waals surface area contributed by atoms with Crippen LogP contribution < -0.4 is 0 Å². The van der Waals surface area contributed by atoms with Gasteiger partial charge in [-0.25, -0.2) is 0 Å². The Labute approximate surface area is 90.2 Å². The maximum absolute atomic E-state index is 4.09. The molecule has 0 atom stereocenters. The first-order valence-electron chi connectivity index (χ1n) is 5.85. The monoisotopic (exact) mass is 197 g/mol. The van der Waals surface area contributed by atoms with Gasteiger partial charge in [-0.1, -0.05) is 47.1 Å². The van der Waals surface area contributed by atoms with Crippen molar-refractivity contribution >= 4 is 0 Å². The second-order valence-corrected chi connectivity index (χ2v) is 4.96. The molecule has 0 bridgehead atoms. The fourth-order valence-electron chi connectivity index (χ4n) is 1.49. The van der Waals surface area contributed by atoms with Crippen LogP contribution in [0.3, 0.4) is 0 Å². The smallest absolute Gasteiger partial charge is 0.0171 e. The van der Waals surface area contributed by atoms with E-state index in [-0.39, 0.29) is 0 Å². The molecule has 84 valence electrons. The number of nitrogens with zero attached hydrogens (tertiary/aromatic N) is 1. The summed E-state index contributed by atoms with van der Waals surface area (Å²) in [5, 5.41) is 0. The van der Waals surface area contributed by atoms with Crippen LogP contribution in [0.4, 0.5) is 0 Å². The van der Waals surface area contributed by atoms with Gasteiger partial charge in [0.05, 0.1) is 0 Å². The topological polar surface area (TPSA) is 3.24 Å². The molecule has 0 saturated heterocycles. The molecular weight excluding hydrogens is 170 g/mol. The van der Waals surface area contributed by atoms with Crippen LogP contribution in [0.5, 0.6) is 0 Å². The van der Waals surface area contributed by atoms with Crippen molar-refractivity contribution in [3.05, 3.63) is 12.3 Å². The lowest BCUT2D eigenvalue weighted by Crippen LogP contribution is -2.21. The van der Waals surface area contributed by atoms with Crippen molar-refractivity contribution in [1.82, 2.24) is 4.90 Å². The SMILES string of the molecule is C=C(C(C)C)N(C)CCCCC(C)C. The van der Waals surface area contributed by atoms with Gasteiger partial charge in [-0.05, 0) is 18.3 Å². The van der Waals surface area contributed by atoms with E-state index in [2.05, 4.69) is 46.2 Å². The van der Waals surface area contributed by atoms with Gasteiger partial charge < -0.3 is 4.90 Å². The Morgan fingerprint density at radius 3 is 2.14 bits per heavy atom. The highest BCUT2D eigenvalue weighted by atomic mass is 15.1. The van der Waals surface area contributed by atoms with Gasteiger partial charge >= 0.3 is 0 Å². The first-order chi connectivity index (χ1) is 6.45. The highest BCUT2D eigenvalue weighted by Crippen LogP contribution is 2.13. The van der Waals surface area contributed by atoms with Crippen LogP contribution in [-0.2, 0) is 0 Å². The molecule has 0 spiro atoms. The van der Waals surface area contributed by atoms with Crippen LogP contribution in [0.2, 0.25) is 0 Å². The zero-order chi connectivity index (χ0) is 11.1. The second-order valence-electron chi connectivity index (χ2n) is 4.96. The summed E-state index contributed by atoms with van der Waals surface area (Å²) in [6, 6.07) is 0. The molecule has 0 rings (SSSR count). The van der Waals surface area contributed by atoms with Crippen LogP contribution in [0.1, 0.15) is 47.0 Å². The van der Waals surface area contributed by atoms with E-state index in [1.165, 1.54) is 25.0 Å². The molecule has 0 radical (unpaired) electrons. The van der Waals surface area contributed by atoms with E-state index in [1.54, 1.807) is 0 Å². The lowest BCUT2D eigenvalue weighted by molar-refractivity contribution is 0.358. The number of rotatable bonds is 7. The van der Waals surface area contributed by atoms with Gasteiger partial charge in [0.15, 0.2) is 0 Å². The molecule has 0 aromatic carbocycles. The number of hydrogen-bond donors (Lipinski definition) is 0. The Balaban J connectivity index is 3.54. The van der Waals surface area contributed by atoms with Crippen LogP contribution in [0, 0.1) is 11.8 Å². The van der Waals surface area contributed by atoms with Crippen LogP contribution >= 0.6 is 0 Å². The summed E-state index contributed by atoms with van der Waals surface area (Å²) in [6.07, 6.45) is 3.98. The van der Waals surface area contributed by atoms with E-state index in [1.807, 2.05) is 0 Å². The fourth-order valence-corrected chi connectivity index (χ4v) is 1.49. The molecule has 0 aromatic heterocycles. The molecule has 0 saturated carbocycles. The molecule has 0 aliphatic heterocycles. The summed E-state index contributed by atoms with van der Waals surface area (Å²) < 4.78 is 0. The third-order valence-corrected chi connectivity index (χ3v) is 2.68. The lowest BCUT2D eigenvalue weighted by atomic mass is 10.1. The summed E-state index contributed by atoms with van der Waals surface area (Å²) >= 11 is 0. The zero-order valence-corrected chi connectivity index (χ0v) is 10.6. The molecule has 0 unspecified atom stereocenters. The molecule has 1 nitrogen and oxygen atoms in total. The van der Waals surface area contributed by atoms with Crippen LogP contribution in [0.25, 0.3) is 0 Å². The normalized spacial score (nSPS) is 11.1. The molecular formula is C13H27N. The average Bonchev–Trinajstić information content (AvgIpc) is 2.10. The highest BCUT2D eigenvalue weighted by Gasteiger charge is 2.05. The number of unbranched alkanes of at least 4 members (excludes halogenated alkanes) is 1. The van der Waals surface area contributed by atoms with E-state index in [4.69, 9.17) is 0 Å². The molecule has 0 heterocycles. The van der Waals surface area contributed by atoms with Crippen LogP contribution in [-0.4, -0.2) is 18.5 Å². The van der Waals surface area contributed by atoms with Crippen molar-refractivity contribution in [3.8, 4) is 0 Å². The minimum atomic E-state index is 0.574. The molecule has 14 heavy (non-hydrogen) atoms. The Kier molecular flexibility index (Phi) is 6.69. The summed E-state index contributed by atoms with van der Waals surface area (Å²) in [4.78, 5) is 2.30. The summed E-state index contributed by atoms with van der Waals surface area (Å²) in [7, 11) is 2.15. The summed E-state index contributed by atoms with van der Waals surface area (Å²) in [6.45, 7) is 14.2. The second kappa shape index (κ2) is 6.92. The molecule has 0 aromatic rings. The Morgan fingerprint density at radius 1 is 1.14 bits per heavy atom. The van der Waals surface area contributed by atoms with Crippen LogP contribution in [0.15, 0.2) is 12.3 Å². The lowest BCUT2D eigenvalue weighted by Gasteiger charge is -2.24. The number of allylic oxidation sites excluding steroid dienone is 1. The predicted molar refractivity (Wildman–Crippen MR) is 65.3 cm³/mol. The quantitative estimate of drug-likeness (QED) is 0.559. The minimum absolute atomic E-state index is 0.574. The van der Waals surface area contributed by atoms with E-state index in [9.17, 15) is 0 Å². The van der Waals surface area contributed by atoms with Crippen molar-refractivity contribution in [1.29, 1.82) is 0 Å². The molecule has 0 fully saturated rings.